The van der Waals surface area contributed by atoms with Crippen molar-refractivity contribution in [3.63, 3.8) is 0 Å². The highest BCUT2D eigenvalue weighted by Gasteiger charge is 2.18. The molecule has 1 amide bonds. The van der Waals surface area contributed by atoms with Crippen molar-refractivity contribution in [2.45, 2.75) is 20.3 Å². The minimum Gasteiger partial charge on any atom is -0.466 e. The molecule has 0 radical (unpaired) electrons. The van der Waals surface area contributed by atoms with Gasteiger partial charge in [0.1, 0.15) is 5.69 Å². The number of carbonyl (C=O) groups excluding carboxylic acids is 2. The Labute approximate surface area is 164 Å². The first-order valence-electron chi connectivity index (χ1n) is 9.24. The van der Waals surface area contributed by atoms with Gasteiger partial charge in [-0.1, -0.05) is 48.0 Å². The number of aromatic nitrogens is 2. The lowest BCUT2D eigenvalue weighted by Crippen LogP contribution is -2.26. The SMILES string of the molecule is CCOC(=O)CCNC(=O)c1cn(-c2ccc(C)cc2)nc1-c1ccccc1. The van der Waals surface area contributed by atoms with Crippen LogP contribution in [0.2, 0.25) is 0 Å². The Morgan fingerprint density at radius 3 is 2.46 bits per heavy atom. The lowest BCUT2D eigenvalue weighted by atomic mass is 10.1. The van der Waals surface area contributed by atoms with Crippen LogP contribution >= 0.6 is 0 Å². The van der Waals surface area contributed by atoms with Crippen molar-refractivity contribution in [3.05, 3.63) is 71.9 Å². The predicted molar refractivity (Wildman–Crippen MR) is 107 cm³/mol. The molecule has 2 aromatic carbocycles. The monoisotopic (exact) mass is 377 g/mol. The maximum atomic E-state index is 12.8. The average molecular weight is 377 g/mol. The van der Waals surface area contributed by atoms with Crippen molar-refractivity contribution in [1.29, 1.82) is 0 Å². The Morgan fingerprint density at radius 1 is 1.07 bits per heavy atom. The number of ether oxygens (including phenoxy) is 1. The first-order chi connectivity index (χ1) is 13.6. The van der Waals surface area contributed by atoms with E-state index in [9.17, 15) is 9.59 Å². The zero-order valence-corrected chi connectivity index (χ0v) is 16.0. The molecule has 3 aromatic rings. The van der Waals surface area contributed by atoms with Gasteiger partial charge in [0.15, 0.2) is 0 Å². The second-order valence-corrected chi connectivity index (χ2v) is 6.35. The average Bonchev–Trinajstić information content (AvgIpc) is 3.15. The fourth-order valence-electron chi connectivity index (χ4n) is 2.79. The first kappa shape index (κ1) is 19.4. The van der Waals surface area contributed by atoms with Gasteiger partial charge in [0.2, 0.25) is 0 Å². The highest BCUT2D eigenvalue weighted by Crippen LogP contribution is 2.23. The smallest absolute Gasteiger partial charge is 0.307 e. The van der Waals surface area contributed by atoms with E-state index < -0.39 is 0 Å². The summed E-state index contributed by atoms with van der Waals surface area (Å²) in [6.45, 7) is 4.31. The number of carbonyl (C=O) groups is 2. The molecule has 28 heavy (non-hydrogen) atoms. The van der Waals surface area contributed by atoms with Crippen LogP contribution in [0.15, 0.2) is 60.8 Å². The van der Waals surface area contributed by atoms with Crippen LogP contribution in [-0.2, 0) is 9.53 Å². The molecule has 1 aromatic heterocycles. The Morgan fingerprint density at radius 2 is 1.79 bits per heavy atom. The topological polar surface area (TPSA) is 73.2 Å². The van der Waals surface area contributed by atoms with Gasteiger partial charge >= 0.3 is 5.97 Å². The van der Waals surface area contributed by atoms with Crippen molar-refractivity contribution in [1.82, 2.24) is 15.1 Å². The lowest BCUT2D eigenvalue weighted by molar-refractivity contribution is -0.142. The molecule has 3 rings (SSSR count). The van der Waals surface area contributed by atoms with Gasteiger partial charge in [-0.3, -0.25) is 9.59 Å². The second kappa shape index (κ2) is 8.99. The number of nitrogens with one attached hydrogen (secondary N) is 1. The minimum absolute atomic E-state index is 0.131. The lowest BCUT2D eigenvalue weighted by Gasteiger charge is -2.05. The zero-order valence-electron chi connectivity index (χ0n) is 16.0. The Bertz CT molecular complexity index is 947. The molecule has 0 saturated carbocycles. The molecule has 144 valence electrons. The van der Waals surface area contributed by atoms with Gasteiger partial charge < -0.3 is 10.1 Å². The van der Waals surface area contributed by atoms with Gasteiger partial charge in [-0.2, -0.15) is 5.10 Å². The molecule has 6 nitrogen and oxygen atoms in total. The number of esters is 1. The van der Waals surface area contributed by atoms with E-state index in [1.54, 1.807) is 17.8 Å². The van der Waals surface area contributed by atoms with E-state index in [-0.39, 0.29) is 24.8 Å². The molecule has 1 heterocycles. The molecule has 0 unspecified atom stereocenters. The third-order valence-corrected chi connectivity index (χ3v) is 4.22. The number of nitrogens with zero attached hydrogens (tertiary/aromatic N) is 2. The van der Waals surface area contributed by atoms with Gasteiger partial charge in [-0.05, 0) is 26.0 Å². The Hall–Kier alpha value is -3.41. The molecule has 0 bridgehead atoms. The van der Waals surface area contributed by atoms with Crippen LogP contribution in [0.3, 0.4) is 0 Å². The molecule has 0 fully saturated rings. The summed E-state index contributed by atoms with van der Waals surface area (Å²) in [5, 5.41) is 7.42. The zero-order chi connectivity index (χ0) is 19.9. The second-order valence-electron chi connectivity index (χ2n) is 6.35. The summed E-state index contributed by atoms with van der Waals surface area (Å²) in [7, 11) is 0. The van der Waals surface area contributed by atoms with Gasteiger partial charge in [0.25, 0.3) is 5.91 Å². The van der Waals surface area contributed by atoms with Crippen LogP contribution in [0.4, 0.5) is 0 Å². The summed E-state index contributed by atoms with van der Waals surface area (Å²) >= 11 is 0. The quantitative estimate of drug-likeness (QED) is 0.639. The molecular weight excluding hydrogens is 354 g/mol. The summed E-state index contributed by atoms with van der Waals surface area (Å²) in [6.07, 6.45) is 1.85. The molecule has 1 N–H and O–H groups in total. The Kier molecular flexibility index (Phi) is 6.22. The van der Waals surface area contributed by atoms with Crippen molar-refractivity contribution in [2.24, 2.45) is 0 Å². The summed E-state index contributed by atoms with van der Waals surface area (Å²) in [5.74, 6) is -0.608. The number of hydrogen-bond acceptors (Lipinski definition) is 4. The van der Waals surface area contributed by atoms with E-state index in [0.29, 0.717) is 17.9 Å². The minimum atomic E-state index is -0.332. The normalized spacial score (nSPS) is 10.5. The van der Waals surface area contributed by atoms with E-state index >= 15 is 0 Å². The first-order valence-corrected chi connectivity index (χ1v) is 9.24. The van der Waals surface area contributed by atoms with Crippen LogP contribution < -0.4 is 5.32 Å². The molecule has 0 saturated heterocycles. The summed E-state index contributed by atoms with van der Waals surface area (Å²) < 4.78 is 6.58. The van der Waals surface area contributed by atoms with Gasteiger partial charge in [-0.25, -0.2) is 4.68 Å². The van der Waals surface area contributed by atoms with Gasteiger partial charge in [-0.15, -0.1) is 0 Å². The molecular formula is C22H23N3O3. The molecule has 6 heteroatoms. The van der Waals surface area contributed by atoms with Crippen LogP contribution in [-0.4, -0.2) is 34.8 Å². The van der Waals surface area contributed by atoms with E-state index in [0.717, 1.165) is 16.8 Å². The van der Waals surface area contributed by atoms with E-state index in [1.165, 1.54) is 0 Å². The van der Waals surface area contributed by atoms with Gasteiger partial charge in [0.05, 0.1) is 24.3 Å². The molecule has 0 spiro atoms. The maximum absolute atomic E-state index is 12.8. The van der Waals surface area contributed by atoms with Crippen LogP contribution in [0.5, 0.6) is 0 Å². The molecule has 0 aliphatic heterocycles. The largest absolute Gasteiger partial charge is 0.466 e. The highest BCUT2D eigenvalue weighted by atomic mass is 16.5. The molecule has 0 aliphatic rings. The predicted octanol–water partition coefficient (Wildman–Crippen LogP) is 3.53. The third-order valence-electron chi connectivity index (χ3n) is 4.22. The van der Waals surface area contributed by atoms with Crippen LogP contribution in [0, 0.1) is 6.92 Å². The highest BCUT2D eigenvalue weighted by molar-refractivity contribution is 6.00. The number of rotatable bonds is 7. The van der Waals surface area contributed by atoms with E-state index in [4.69, 9.17) is 4.74 Å². The summed E-state index contributed by atoms with van der Waals surface area (Å²) in [6, 6.07) is 17.5. The maximum Gasteiger partial charge on any atom is 0.307 e. The summed E-state index contributed by atoms with van der Waals surface area (Å²) in [5.41, 5.74) is 3.92. The van der Waals surface area contributed by atoms with Crippen molar-refractivity contribution in [2.75, 3.05) is 13.2 Å². The third kappa shape index (κ3) is 4.65. The van der Waals surface area contributed by atoms with Crippen LogP contribution in [0.1, 0.15) is 29.3 Å². The summed E-state index contributed by atoms with van der Waals surface area (Å²) in [4.78, 5) is 24.2. The number of aryl methyl sites for hydroxylation is 1. The molecule has 0 atom stereocenters. The van der Waals surface area contributed by atoms with Gasteiger partial charge in [0, 0.05) is 18.3 Å². The van der Waals surface area contributed by atoms with Crippen molar-refractivity contribution in [3.8, 4) is 16.9 Å². The van der Waals surface area contributed by atoms with Crippen molar-refractivity contribution >= 4 is 11.9 Å². The number of amides is 1. The fourth-order valence-corrected chi connectivity index (χ4v) is 2.79. The Balaban J connectivity index is 1.86. The standard InChI is InChI=1S/C22H23N3O3/c1-3-28-20(26)13-14-23-22(27)19-15-25(18-11-9-16(2)10-12-18)24-21(19)17-7-5-4-6-8-17/h4-12,15H,3,13-14H2,1-2H3,(H,23,27). The van der Waals surface area contributed by atoms with E-state index in [1.807, 2.05) is 61.5 Å². The van der Waals surface area contributed by atoms with Crippen molar-refractivity contribution < 1.29 is 14.3 Å². The molecule has 0 aliphatic carbocycles. The number of benzene rings is 2. The number of hydrogen-bond donors (Lipinski definition) is 1. The fraction of sp³-hybridized carbons (Fsp3) is 0.227. The van der Waals surface area contributed by atoms with Crippen LogP contribution in [0.25, 0.3) is 16.9 Å². The van der Waals surface area contributed by atoms with E-state index in [2.05, 4.69) is 10.4 Å².